The number of para-hydroxylation sites is 1. The van der Waals surface area contributed by atoms with Gasteiger partial charge in [0, 0.05) is 0 Å². The highest BCUT2D eigenvalue weighted by atomic mass is 32.2. The number of benzene rings is 4. The molecule has 0 radical (unpaired) electrons. The van der Waals surface area contributed by atoms with E-state index in [1.54, 1.807) is 59.7 Å². The average Bonchev–Trinajstić information content (AvgIpc) is 3.53. The van der Waals surface area contributed by atoms with Gasteiger partial charge in [0.1, 0.15) is 22.3 Å². The summed E-state index contributed by atoms with van der Waals surface area (Å²) in [5.41, 5.74) is 1.77. The molecule has 2 saturated heterocycles. The zero-order valence-electron chi connectivity index (χ0n) is 22.7. The van der Waals surface area contributed by atoms with Gasteiger partial charge in [-0.3, -0.25) is 14.4 Å². The van der Waals surface area contributed by atoms with E-state index in [1.165, 1.54) is 24.3 Å². The summed E-state index contributed by atoms with van der Waals surface area (Å²) in [5, 5.41) is 1.58. The molecule has 0 bridgehead atoms. The van der Waals surface area contributed by atoms with Crippen molar-refractivity contribution in [3.05, 3.63) is 115 Å². The van der Waals surface area contributed by atoms with Crippen LogP contribution in [0.3, 0.4) is 0 Å². The van der Waals surface area contributed by atoms with Crippen LogP contribution in [0.2, 0.25) is 0 Å². The molecule has 0 aliphatic carbocycles. The van der Waals surface area contributed by atoms with Gasteiger partial charge >= 0.3 is 10.1 Å². The van der Waals surface area contributed by atoms with Crippen molar-refractivity contribution in [3.8, 4) is 11.5 Å². The quantitative estimate of drug-likeness (QED) is 0.193. The number of ether oxygens (including phenoxy) is 1. The number of hydrogen-bond donors (Lipinski definition) is 0. The molecule has 2 heterocycles. The van der Waals surface area contributed by atoms with Crippen LogP contribution in [0.25, 0.3) is 0 Å². The molecule has 214 valence electrons. The molecule has 9 nitrogen and oxygen atoms in total. The largest absolute Gasteiger partial charge is 0.494 e. The minimum absolute atomic E-state index is 0.0384. The summed E-state index contributed by atoms with van der Waals surface area (Å²) in [5.74, 6) is -0.910. The smallest absolute Gasteiger partial charge is 0.339 e. The lowest BCUT2D eigenvalue weighted by Gasteiger charge is -2.28. The third-order valence-corrected chi connectivity index (χ3v) is 8.41. The predicted molar refractivity (Wildman–Crippen MR) is 155 cm³/mol. The van der Waals surface area contributed by atoms with Gasteiger partial charge in [-0.2, -0.15) is 8.42 Å². The number of nitrogens with zero attached hydrogens (tertiary/aromatic N) is 2. The van der Waals surface area contributed by atoms with Crippen LogP contribution in [0.4, 0.5) is 11.4 Å². The summed E-state index contributed by atoms with van der Waals surface area (Å²) < 4.78 is 36.4. The SMILES string of the molecule is CCCOc1ccc(N2C(=O)[C@H]3[C@@H](c4ccc(OS(=O)(=O)c5ccccc5)cc4)N(c4ccccc4)O[C@H]3C2=O)cc1. The van der Waals surface area contributed by atoms with Crippen molar-refractivity contribution in [1.29, 1.82) is 0 Å². The van der Waals surface area contributed by atoms with Crippen molar-refractivity contribution in [2.75, 3.05) is 16.6 Å². The van der Waals surface area contributed by atoms with E-state index in [0.717, 1.165) is 11.3 Å². The monoisotopic (exact) mass is 584 g/mol. The molecule has 4 aromatic rings. The first kappa shape index (κ1) is 27.5. The Morgan fingerprint density at radius 3 is 2.00 bits per heavy atom. The first-order valence-electron chi connectivity index (χ1n) is 13.6. The van der Waals surface area contributed by atoms with Gasteiger partial charge < -0.3 is 8.92 Å². The minimum atomic E-state index is -4.03. The van der Waals surface area contributed by atoms with Crippen molar-refractivity contribution in [3.63, 3.8) is 0 Å². The first-order valence-corrected chi connectivity index (χ1v) is 15.0. The third-order valence-electron chi connectivity index (χ3n) is 7.15. The van der Waals surface area contributed by atoms with Crippen LogP contribution in [-0.4, -0.2) is 32.9 Å². The number of hydroxylamine groups is 1. The minimum Gasteiger partial charge on any atom is -0.494 e. The van der Waals surface area contributed by atoms with Crippen molar-refractivity contribution in [1.82, 2.24) is 0 Å². The number of fused-ring (bicyclic) bond motifs is 1. The molecular weight excluding hydrogens is 556 g/mol. The number of carbonyl (C=O) groups is 2. The van der Waals surface area contributed by atoms with Gasteiger partial charge in [-0.1, -0.05) is 55.5 Å². The molecular formula is C32H28N2O7S. The van der Waals surface area contributed by atoms with Crippen molar-refractivity contribution in [2.24, 2.45) is 5.92 Å². The van der Waals surface area contributed by atoms with Crippen LogP contribution in [0.15, 0.2) is 114 Å². The molecule has 0 aromatic heterocycles. The molecule has 2 amide bonds. The number of carbonyl (C=O) groups excluding carboxylic acids is 2. The Kier molecular flexibility index (Phi) is 7.40. The molecule has 42 heavy (non-hydrogen) atoms. The van der Waals surface area contributed by atoms with E-state index < -0.39 is 34.1 Å². The molecule has 2 aliphatic heterocycles. The molecule has 2 aliphatic rings. The summed E-state index contributed by atoms with van der Waals surface area (Å²) >= 11 is 0. The molecule has 0 N–H and O–H groups in total. The zero-order valence-corrected chi connectivity index (χ0v) is 23.5. The third kappa shape index (κ3) is 5.10. The maximum Gasteiger partial charge on any atom is 0.339 e. The van der Waals surface area contributed by atoms with Crippen LogP contribution in [0, 0.1) is 5.92 Å². The number of imide groups is 1. The molecule has 0 saturated carbocycles. The highest BCUT2D eigenvalue weighted by Gasteiger charge is 2.60. The van der Waals surface area contributed by atoms with Crippen molar-refractivity contribution in [2.45, 2.75) is 30.4 Å². The Bertz CT molecular complexity index is 1680. The van der Waals surface area contributed by atoms with Gasteiger partial charge in [-0.05, 0) is 72.6 Å². The lowest BCUT2D eigenvalue weighted by Crippen LogP contribution is -2.37. The van der Waals surface area contributed by atoms with E-state index >= 15 is 0 Å². The van der Waals surface area contributed by atoms with E-state index in [4.69, 9.17) is 13.8 Å². The molecule has 10 heteroatoms. The zero-order chi connectivity index (χ0) is 29.3. The maximum absolute atomic E-state index is 13.9. The van der Waals surface area contributed by atoms with Gasteiger partial charge in [0.05, 0.1) is 24.0 Å². The standard InChI is InChI=1S/C32H28N2O7S/c1-2-21-39-25-19-15-23(16-20-25)33-31(35)28-29(34(40-30(28)32(33)36)24-9-5-3-6-10-24)22-13-17-26(18-14-22)41-42(37,38)27-11-7-4-8-12-27/h3-20,28-30H,2,21H2,1H3/t28-,29+,30+/m0/s1. The fraction of sp³-hybridized carbons (Fsp3) is 0.188. The molecule has 3 atom stereocenters. The second-order valence-corrected chi connectivity index (χ2v) is 11.5. The molecule has 0 spiro atoms. The van der Waals surface area contributed by atoms with E-state index in [-0.39, 0.29) is 16.6 Å². The van der Waals surface area contributed by atoms with Crippen molar-refractivity contribution < 1.29 is 31.8 Å². The van der Waals surface area contributed by atoms with Crippen LogP contribution in [0.5, 0.6) is 11.5 Å². The number of amides is 2. The van der Waals surface area contributed by atoms with Crippen LogP contribution in [0.1, 0.15) is 24.9 Å². The van der Waals surface area contributed by atoms with E-state index in [9.17, 15) is 18.0 Å². The predicted octanol–water partition coefficient (Wildman–Crippen LogP) is 5.29. The van der Waals surface area contributed by atoms with Gasteiger partial charge in [-0.15, -0.1) is 0 Å². The highest BCUT2D eigenvalue weighted by Crippen LogP contribution is 2.47. The Hall–Kier alpha value is -4.67. The van der Waals surface area contributed by atoms with Crippen LogP contribution < -0.4 is 18.9 Å². The topological polar surface area (TPSA) is 102 Å². The summed E-state index contributed by atoms with van der Waals surface area (Å²) in [6.45, 7) is 2.58. The van der Waals surface area contributed by atoms with E-state index in [1.807, 2.05) is 37.3 Å². The highest BCUT2D eigenvalue weighted by molar-refractivity contribution is 7.87. The van der Waals surface area contributed by atoms with Crippen molar-refractivity contribution >= 4 is 33.3 Å². The average molecular weight is 585 g/mol. The Morgan fingerprint density at radius 2 is 1.36 bits per heavy atom. The summed E-state index contributed by atoms with van der Waals surface area (Å²) in [6.07, 6.45) is -0.172. The first-order chi connectivity index (χ1) is 20.4. The second kappa shape index (κ2) is 11.3. The lowest BCUT2D eigenvalue weighted by atomic mass is 9.90. The Balaban J connectivity index is 1.30. The van der Waals surface area contributed by atoms with E-state index in [0.29, 0.717) is 29.3 Å². The Labute approximate surface area is 243 Å². The molecule has 2 fully saturated rings. The van der Waals surface area contributed by atoms with Gasteiger partial charge in [0.2, 0.25) is 5.91 Å². The number of anilines is 2. The second-order valence-electron chi connectivity index (χ2n) is 9.93. The fourth-order valence-corrected chi connectivity index (χ4v) is 6.15. The normalized spacial score (nSPS) is 20.1. The summed E-state index contributed by atoms with van der Waals surface area (Å²) in [7, 11) is -4.03. The number of rotatable bonds is 9. The molecule has 4 aromatic carbocycles. The van der Waals surface area contributed by atoms with Gasteiger partial charge in [0.15, 0.2) is 6.10 Å². The maximum atomic E-state index is 13.9. The molecule has 0 unspecified atom stereocenters. The number of hydrogen-bond acceptors (Lipinski definition) is 8. The molecule has 6 rings (SSSR count). The lowest BCUT2D eigenvalue weighted by molar-refractivity contribution is -0.126. The fourth-order valence-electron chi connectivity index (χ4n) is 5.20. The van der Waals surface area contributed by atoms with E-state index in [2.05, 4.69) is 0 Å². The summed E-state index contributed by atoms with van der Waals surface area (Å²) in [6, 6.07) is 29.7. The summed E-state index contributed by atoms with van der Waals surface area (Å²) in [4.78, 5) is 34.9. The Morgan fingerprint density at radius 1 is 0.738 bits per heavy atom. The van der Waals surface area contributed by atoms with Crippen LogP contribution in [-0.2, 0) is 24.5 Å². The van der Waals surface area contributed by atoms with Crippen LogP contribution >= 0.6 is 0 Å². The van der Waals surface area contributed by atoms with Gasteiger partial charge in [-0.25, -0.2) is 9.96 Å². The van der Waals surface area contributed by atoms with Gasteiger partial charge in [0.25, 0.3) is 5.91 Å².